The number of benzene rings is 3. The summed E-state index contributed by atoms with van der Waals surface area (Å²) in [6, 6.07) is 19.4. The third kappa shape index (κ3) is 4.02. The second-order valence-electron chi connectivity index (χ2n) is 6.41. The minimum atomic E-state index is -0.551. The fourth-order valence-electron chi connectivity index (χ4n) is 2.85. The van der Waals surface area contributed by atoms with Gasteiger partial charge in [-0.3, -0.25) is 19.9 Å². The van der Waals surface area contributed by atoms with Gasteiger partial charge in [-0.1, -0.05) is 24.3 Å². The number of fused-ring (bicyclic) bond motifs is 1. The first kappa shape index (κ1) is 18.9. The molecule has 0 aliphatic carbocycles. The van der Waals surface area contributed by atoms with Crippen molar-refractivity contribution in [1.29, 1.82) is 0 Å². The number of non-ortho nitro benzene ring substituents is 1. The maximum absolute atomic E-state index is 12.5. The van der Waals surface area contributed by atoms with Gasteiger partial charge >= 0.3 is 0 Å². The van der Waals surface area contributed by atoms with Crippen LogP contribution in [-0.2, 0) is 0 Å². The van der Waals surface area contributed by atoms with E-state index in [1.54, 1.807) is 36.4 Å². The number of carbonyl (C=O) groups excluding carboxylic acids is 1. The Bertz CT molecular complexity index is 1260. The van der Waals surface area contributed by atoms with Crippen molar-refractivity contribution in [3.8, 4) is 5.75 Å². The number of phenols is 1. The third-order valence-electron chi connectivity index (χ3n) is 4.33. The van der Waals surface area contributed by atoms with Crippen LogP contribution in [-0.4, -0.2) is 22.2 Å². The lowest BCUT2D eigenvalue weighted by Gasteiger charge is -2.04. The molecule has 1 aromatic heterocycles. The zero-order valence-corrected chi connectivity index (χ0v) is 15.5. The maximum Gasteiger partial charge on any atom is 0.291 e. The van der Waals surface area contributed by atoms with E-state index in [4.69, 9.17) is 4.42 Å². The van der Waals surface area contributed by atoms with Crippen LogP contribution in [0.25, 0.3) is 11.0 Å². The maximum atomic E-state index is 12.5. The molecule has 0 saturated heterocycles. The molecule has 0 saturated carbocycles. The minimum absolute atomic E-state index is 0.126. The Morgan fingerprint density at radius 2 is 1.90 bits per heavy atom. The number of para-hydroxylation sites is 1. The van der Waals surface area contributed by atoms with Crippen molar-refractivity contribution in [2.75, 3.05) is 5.32 Å². The molecule has 30 heavy (non-hydrogen) atoms. The number of hydrogen-bond acceptors (Lipinski definition) is 6. The van der Waals surface area contributed by atoms with Crippen LogP contribution < -0.4 is 5.32 Å². The predicted molar refractivity (Wildman–Crippen MR) is 113 cm³/mol. The van der Waals surface area contributed by atoms with Crippen LogP contribution in [0.3, 0.4) is 0 Å². The van der Waals surface area contributed by atoms with Gasteiger partial charge in [-0.25, -0.2) is 0 Å². The standard InChI is InChI=1S/C22H15N3O5/c26-19-9-8-18(25(28)29)10-15(19)13-23-16-5-3-6-17(12-16)24-22(27)21-11-14-4-1-2-7-20(14)30-21/h1-13,26H,(H,24,27). The van der Waals surface area contributed by atoms with Crippen molar-refractivity contribution in [2.24, 2.45) is 4.99 Å². The van der Waals surface area contributed by atoms with E-state index in [-0.39, 0.29) is 22.8 Å². The van der Waals surface area contributed by atoms with Gasteiger partial charge in [0.05, 0.1) is 10.6 Å². The number of aliphatic imine (C=N–C) groups is 1. The van der Waals surface area contributed by atoms with E-state index in [1.165, 1.54) is 24.4 Å². The molecule has 1 amide bonds. The van der Waals surface area contributed by atoms with Crippen molar-refractivity contribution >= 4 is 40.2 Å². The van der Waals surface area contributed by atoms with Crippen molar-refractivity contribution in [3.63, 3.8) is 0 Å². The Labute approximate surface area is 170 Å². The lowest BCUT2D eigenvalue weighted by Crippen LogP contribution is -2.10. The van der Waals surface area contributed by atoms with Gasteiger partial charge < -0.3 is 14.8 Å². The van der Waals surface area contributed by atoms with Gasteiger partial charge in [0.15, 0.2) is 5.76 Å². The monoisotopic (exact) mass is 401 g/mol. The summed E-state index contributed by atoms with van der Waals surface area (Å²) in [4.78, 5) is 27.1. The Balaban J connectivity index is 1.53. The molecule has 0 unspecified atom stereocenters. The quantitative estimate of drug-likeness (QED) is 0.276. The molecule has 0 fully saturated rings. The van der Waals surface area contributed by atoms with Gasteiger partial charge in [0, 0.05) is 35.0 Å². The number of carbonyl (C=O) groups is 1. The smallest absolute Gasteiger partial charge is 0.291 e. The largest absolute Gasteiger partial charge is 0.507 e. The van der Waals surface area contributed by atoms with Gasteiger partial charge in [-0.05, 0) is 36.4 Å². The number of amides is 1. The molecule has 0 spiro atoms. The molecule has 2 N–H and O–H groups in total. The average Bonchev–Trinajstić information content (AvgIpc) is 3.18. The van der Waals surface area contributed by atoms with Crippen molar-refractivity contribution < 1.29 is 19.2 Å². The van der Waals surface area contributed by atoms with Crippen molar-refractivity contribution in [3.05, 3.63) is 94.2 Å². The second kappa shape index (κ2) is 7.88. The highest BCUT2D eigenvalue weighted by Gasteiger charge is 2.12. The molecule has 8 nitrogen and oxygen atoms in total. The number of nitro benzene ring substituents is 1. The van der Waals surface area contributed by atoms with Gasteiger partial charge in [0.2, 0.25) is 0 Å². The summed E-state index contributed by atoms with van der Waals surface area (Å²) in [5, 5.41) is 24.3. The SMILES string of the molecule is O=C(Nc1cccc(N=Cc2cc([N+](=O)[O-])ccc2O)c1)c1cc2ccccc2o1. The van der Waals surface area contributed by atoms with E-state index in [0.717, 1.165) is 5.39 Å². The van der Waals surface area contributed by atoms with E-state index in [0.29, 0.717) is 17.0 Å². The van der Waals surface area contributed by atoms with Crippen LogP contribution in [0.2, 0.25) is 0 Å². The Hall–Kier alpha value is -4.46. The van der Waals surface area contributed by atoms with E-state index in [9.17, 15) is 20.0 Å². The fraction of sp³-hybridized carbons (Fsp3) is 0. The molecule has 148 valence electrons. The summed E-state index contributed by atoms with van der Waals surface area (Å²) in [7, 11) is 0. The Morgan fingerprint density at radius 3 is 2.70 bits per heavy atom. The number of aromatic hydroxyl groups is 1. The number of furan rings is 1. The van der Waals surface area contributed by atoms with Crippen LogP contribution in [0.1, 0.15) is 16.1 Å². The summed E-state index contributed by atoms with van der Waals surface area (Å²) in [5.41, 5.74) is 1.67. The first-order valence-corrected chi connectivity index (χ1v) is 8.91. The number of anilines is 1. The van der Waals surface area contributed by atoms with E-state index in [2.05, 4.69) is 10.3 Å². The highest BCUT2D eigenvalue weighted by molar-refractivity contribution is 6.04. The first-order chi connectivity index (χ1) is 14.5. The van der Waals surface area contributed by atoms with Gasteiger partial charge in [-0.15, -0.1) is 0 Å². The van der Waals surface area contributed by atoms with Gasteiger partial charge in [0.1, 0.15) is 11.3 Å². The van der Waals surface area contributed by atoms with Crippen LogP contribution in [0, 0.1) is 10.1 Å². The molecule has 1 heterocycles. The summed E-state index contributed by atoms with van der Waals surface area (Å²) >= 11 is 0. The average molecular weight is 401 g/mol. The lowest BCUT2D eigenvalue weighted by atomic mass is 10.2. The molecule has 4 aromatic rings. The zero-order chi connectivity index (χ0) is 21.1. The van der Waals surface area contributed by atoms with Crippen LogP contribution in [0.15, 0.2) is 82.2 Å². The zero-order valence-electron chi connectivity index (χ0n) is 15.5. The topological polar surface area (TPSA) is 118 Å². The minimum Gasteiger partial charge on any atom is -0.507 e. The van der Waals surface area contributed by atoms with Crippen LogP contribution >= 0.6 is 0 Å². The summed E-state index contributed by atoms with van der Waals surface area (Å²) in [6.45, 7) is 0. The molecule has 3 aromatic carbocycles. The molecule has 0 radical (unpaired) electrons. The number of nitro groups is 1. The number of phenolic OH excluding ortho intramolecular Hbond substituents is 1. The third-order valence-corrected chi connectivity index (χ3v) is 4.33. The van der Waals surface area contributed by atoms with Gasteiger partial charge in [0.25, 0.3) is 11.6 Å². The highest BCUT2D eigenvalue weighted by atomic mass is 16.6. The van der Waals surface area contributed by atoms with Crippen molar-refractivity contribution in [2.45, 2.75) is 0 Å². The van der Waals surface area contributed by atoms with E-state index < -0.39 is 10.8 Å². The number of hydrogen-bond donors (Lipinski definition) is 2. The molecular weight excluding hydrogens is 386 g/mol. The Morgan fingerprint density at radius 1 is 1.07 bits per heavy atom. The van der Waals surface area contributed by atoms with E-state index in [1.807, 2.05) is 18.2 Å². The van der Waals surface area contributed by atoms with Crippen LogP contribution in [0.5, 0.6) is 5.75 Å². The number of rotatable bonds is 5. The molecule has 4 rings (SSSR count). The van der Waals surface area contributed by atoms with Crippen LogP contribution in [0.4, 0.5) is 17.1 Å². The predicted octanol–water partition coefficient (Wildman–Crippen LogP) is 5.05. The summed E-state index contributed by atoms with van der Waals surface area (Å²) < 4.78 is 5.56. The van der Waals surface area contributed by atoms with E-state index >= 15 is 0 Å². The highest BCUT2D eigenvalue weighted by Crippen LogP contribution is 2.24. The molecule has 0 bridgehead atoms. The van der Waals surface area contributed by atoms with Gasteiger partial charge in [-0.2, -0.15) is 0 Å². The summed E-state index contributed by atoms with van der Waals surface area (Å²) in [6.07, 6.45) is 1.32. The first-order valence-electron chi connectivity index (χ1n) is 8.91. The normalized spacial score (nSPS) is 11.1. The lowest BCUT2D eigenvalue weighted by molar-refractivity contribution is -0.384. The molecule has 8 heteroatoms. The second-order valence-corrected chi connectivity index (χ2v) is 6.41. The number of nitrogens with one attached hydrogen (secondary N) is 1. The summed E-state index contributed by atoms with van der Waals surface area (Å²) in [5.74, 6) is -0.339. The Kier molecular flexibility index (Phi) is 4.96. The van der Waals surface area contributed by atoms with Crippen molar-refractivity contribution in [1.82, 2.24) is 0 Å². The molecule has 0 aliphatic rings. The fourth-order valence-corrected chi connectivity index (χ4v) is 2.85. The molecule has 0 aliphatic heterocycles. The number of nitrogens with zero attached hydrogens (tertiary/aromatic N) is 2. The molecular formula is C22H15N3O5. The molecule has 0 atom stereocenters.